The zero-order valence-electron chi connectivity index (χ0n) is 15.0. The molecule has 1 atom stereocenters. The fraction of sp³-hybridized carbons (Fsp3) is 0.333. The monoisotopic (exact) mass is 369 g/mol. The van der Waals surface area contributed by atoms with Crippen molar-refractivity contribution in [2.75, 3.05) is 31.2 Å². The van der Waals surface area contributed by atoms with Gasteiger partial charge in [-0.3, -0.25) is 9.59 Å². The molecule has 1 heterocycles. The Morgan fingerprint density at radius 2 is 1.67 bits per heavy atom. The Kier molecular flexibility index (Phi) is 6.44. The molecule has 1 saturated heterocycles. The Bertz CT molecular complexity index is 771. The standard InChI is InChI=1S/C21H23NO5/c23-20(24)14-17(16-6-2-1-3-7-16)15-21(25)27-19-9-5-4-8-18(19)22-10-12-26-13-11-22/h1-9,17H,10-15H2,(H,23,24)/t17-/m0/s1. The minimum Gasteiger partial charge on any atom is -0.481 e. The molecular formula is C21H23NO5. The highest BCUT2D eigenvalue weighted by Crippen LogP contribution is 2.30. The molecule has 27 heavy (non-hydrogen) atoms. The molecule has 6 heteroatoms. The van der Waals surface area contributed by atoms with Crippen molar-refractivity contribution in [2.45, 2.75) is 18.8 Å². The second kappa shape index (κ2) is 9.19. The summed E-state index contributed by atoms with van der Waals surface area (Å²) >= 11 is 0. The molecule has 1 aliphatic rings. The number of esters is 1. The molecule has 1 fully saturated rings. The lowest BCUT2D eigenvalue weighted by atomic mass is 9.92. The Hall–Kier alpha value is -2.86. The van der Waals surface area contributed by atoms with E-state index in [2.05, 4.69) is 4.90 Å². The van der Waals surface area contributed by atoms with Gasteiger partial charge in [-0.2, -0.15) is 0 Å². The third kappa shape index (κ3) is 5.31. The third-order valence-electron chi connectivity index (χ3n) is 4.55. The summed E-state index contributed by atoms with van der Waals surface area (Å²) in [5, 5.41) is 9.19. The number of hydrogen-bond donors (Lipinski definition) is 1. The number of morpholine rings is 1. The van der Waals surface area contributed by atoms with Gasteiger partial charge in [-0.25, -0.2) is 0 Å². The summed E-state index contributed by atoms with van der Waals surface area (Å²) in [5.41, 5.74) is 1.67. The highest BCUT2D eigenvalue weighted by atomic mass is 16.5. The lowest BCUT2D eigenvalue weighted by Crippen LogP contribution is -2.36. The second-order valence-electron chi connectivity index (χ2n) is 6.45. The van der Waals surface area contributed by atoms with Crippen LogP contribution in [0.15, 0.2) is 54.6 Å². The van der Waals surface area contributed by atoms with E-state index in [4.69, 9.17) is 9.47 Å². The first-order valence-electron chi connectivity index (χ1n) is 9.02. The van der Waals surface area contributed by atoms with Gasteiger partial charge in [0.05, 0.1) is 31.7 Å². The van der Waals surface area contributed by atoms with Crippen LogP contribution >= 0.6 is 0 Å². The largest absolute Gasteiger partial charge is 0.481 e. The average molecular weight is 369 g/mol. The minimum absolute atomic E-state index is 0.00770. The summed E-state index contributed by atoms with van der Waals surface area (Å²) in [5.74, 6) is -1.31. The molecule has 0 bridgehead atoms. The third-order valence-corrected chi connectivity index (χ3v) is 4.55. The Morgan fingerprint density at radius 1 is 1.00 bits per heavy atom. The fourth-order valence-corrected chi connectivity index (χ4v) is 3.22. The van der Waals surface area contributed by atoms with Crippen molar-refractivity contribution in [1.82, 2.24) is 0 Å². The van der Waals surface area contributed by atoms with Crippen LogP contribution in [0.4, 0.5) is 5.69 Å². The van der Waals surface area contributed by atoms with E-state index in [0.717, 1.165) is 24.3 Å². The predicted octanol–water partition coefficient (Wildman–Crippen LogP) is 3.08. The number of carboxylic acid groups (broad SMARTS) is 1. The molecule has 6 nitrogen and oxygen atoms in total. The number of rotatable bonds is 7. The molecule has 0 spiro atoms. The first-order valence-corrected chi connectivity index (χ1v) is 9.02. The average Bonchev–Trinajstić information content (AvgIpc) is 2.69. The molecule has 1 aliphatic heterocycles. The highest BCUT2D eigenvalue weighted by molar-refractivity contribution is 5.77. The van der Waals surface area contributed by atoms with Gasteiger partial charge in [0.2, 0.25) is 0 Å². The van der Waals surface area contributed by atoms with E-state index < -0.39 is 17.9 Å². The van der Waals surface area contributed by atoms with Crippen molar-refractivity contribution in [3.05, 3.63) is 60.2 Å². The Labute approximate surface area is 158 Å². The normalized spacial score (nSPS) is 15.2. The van der Waals surface area contributed by atoms with Crippen molar-refractivity contribution < 1.29 is 24.2 Å². The van der Waals surface area contributed by atoms with Gasteiger partial charge in [0, 0.05) is 19.0 Å². The number of anilines is 1. The van der Waals surface area contributed by atoms with Crippen molar-refractivity contribution in [3.63, 3.8) is 0 Å². The quantitative estimate of drug-likeness (QED) is 0.597. The molecule has 0 aliphatic carbocycles. The summed E-state index contributed by atoms with van der Waals surface area (Å²) in [6.07, 6.45) is -0.113. The summed E-state index contributed by atoms with van der Waals surface area (Å²) in [7, 11) is 0. The van der Waals surface area contributed by atoms with Gasteiger partial charge in [-0.05, 0) is 17.7 Å². The minimum atomic E-state index is -0.939. The zero-order valence-corrected chi connectivity index (χ0v) is 15.0. The zero-order chi connectivity index (χ0) is 19.1. The molecule has 2 aromatic carbocycles. The van der Waals surface area contributed by atoms with E-state index in [0.29, 0.717) is 19.0 Å². The SMILES string of the molecule is O=C(O)C[C@@H](CC(=O)Oc1ccccc1N1CCOCC1)c1ccccc1. The molecule has 0 saturated carbocycles. The number of nitrogens with zero attached hydrogens (tertiary/aromatic N) is 1. The number of hydrogen-bond acceptors (Lipinski definition) is 5. The van der Waals surface area contributed by atoms with Crippen LogP contribution in [0.25, 0.3) is 0 Å². The van der Waals surface area contributed by atoms with Crippen LogP contribution in [0.5, 0.6) is 5.75 Å². The number of carbonyl (C=O) groups is 2. The van der Waals surface area contributed by atoms with E-state index in [-0.39, 0.29) is 12.8 Å². The maximum absolute atomic E-state index is 12.6. The number of carboxylic acids is 1. The van der Waals surface area contributed by atoms with Gasteiger partial charge in [0.1, 0.15) is 0 Å². The topological polar surface area (TPSA) is 76.1 Å². The molecule has 142 valence electrons. The number of carbonyl (C=O) groups excluding carboxylic acids is 1. The highest BCUT2D eigenvalue weighted by Gasteiger charge is 2.22. The van der Waals surface area contributed by atoms with Crippen molar-refractivity contribution in [2.24, 2.45) is 0 Å². The van der Waals surface area contributed by atoms with Crippen LogP contribution in [0.3, 0.4) is 0 Å². The molecule has 0 radical (unpaired) electrons. The van der Waals surface area contributed by atoms with Crippen molar-refractivity contribution in [1.29, 1.82) is 0 Å². The summed E-state index contributed by atoms with van der Waals surface area (Å²) in [4.78, 5) is 25.9. The van der Waals surface area contributed by atoms with Gasteiger partial charge < -0.3 is 19.5 Å². The first-order chi connectivity index (χ1) is 13.1. The molecule has 0 amide bonds. The Balaban J connectivity index is 1.71. The second-order valence-corrected chi connectivity index (χ2v) is 6.45. The molecule has 3 rings (SSSR count). The van der Waals surface area contributed by atoms with Crippen molar-refractivity contribution >= 4 is 17.6 Å². The number of ether oxygens (including phenoxy) is 2. The smallest absolute Gasteiger partial charge is 0.311 e. The molecule has 0 aromatic heterocycles. The van der Waals surface area contributed by atoms with Gasteiger partial charge in [-0.1, -0.05) is 42.5 Å². The summed E-state index contributed by atoms with van der Waals surface area (Å²) in [6, 6.07) is 16.6. The summed E-state index contributed by atoms with van der Waals surface area (Å²) in [6.45, 7) is 2.74. The lowest BCUT2D eigenvalue weighted by Gasteiger charge is -2.30. The molecule has 0 unspecified atom stereocenters. The van der Waals surface area contributed by atoms with Crippen LogP contribution in [0, 0.1) is 0 Å². The van der Waals surface area contributed by atoms with E-state index in [9.17, 15) is 14.7 Å². The lowest BCUT2D eigenvalue weighted by molar-refractivity contribution is -0.138. The first kappa shape index (κ1) is 18.9. The van der Waals surface area contributed by atoms with Crippen LogP contribution in [0.2, 0.25) is 0 Å². The van der Waals surface area contributed by atoms with Crippen LogP contribution < -0.4 is 9.64 Å². The van der Waals surface area contributed by atoms with Crippen molar-refractivity contribution in [3.8, 4) is 5.75 Å². The number of para-hydroxylation sites is 2. The van der Waals surface area contributed by atoms with Crippen LogP contribution in [-0.2, 0) is 14.3 Å². The number of benzene rings is 2. The fourth-order valence-electron chi connectivity index (χ4n) is 3.22. The molecule has 2 aromatic rings. The van der Waals surface area contributed by atoms with E-state index in [1.165, 1.54) is 0 Å². The summed E-state index contributed by atoms with van der Waals surface area (Å²) < 4.78 is 11.0. The van der Waals surface area contributed by atoms with Crippen LogP contribution in [0.1, 0.15) is 24.3 Å². The maximum Gasteiger partial charge on any atom is 0.311 e. The van der Waals surface area contributed by atoms with Gasteiger partial charge in [0.25, 0.3) is 0 Å². The van der Waals surface area contributed by atoms with E-state index >= 15 is 0 Å². The van der Waals surface area contributed by atoms with E-state index in [1.54, 1.807) is 6.07 Å². The maximum atomic E-state index is 12.6. The molecular weight excluding hydrogens is 346 g/mol. The van der Waals surface area contributed by atoms with Gasteiger partial charge in [-0.15, -0.1) is 0 Å². The molecule has 1 N–H and O–H groups in total. The van der Waals surface area contributed by atoms with Gasteiger partial charge >= 0.3 is 11.9 Å². The van der Waals surface area contributed by atoms with E-state index in [1.807, 2.05) is 48.5 Å². The van der Waals surface area contributed by atoms with Gasteiger partial charge in [0.15, 0.2) is 5.75 Å². The number of aliphatic carboxylic acids is 1. The van der Waals surface area contributed by atoms with Crippen LogP contribution in [-0.4, -0.2) is 43.3 Å². The Morgan fingerprint density at radius 3 is 2.37 bits per heavy atom. The predicted molar refractivity (Wildman–Crippen MR) is 101 cm³/mol.